The molecule has 0 unspecified atom stereocenters. The van der Waals surface area contributed by atoms with Crippen LogP contribution in [0.25, 0.3) is 0 Å². The van der Waals surface area contributed by atoms with Crippen LogP contribution in [0.4, 0.5) is 26.4 Å². The van der Waals surface area contributed by atoms with E-state index in [-0.39, 0.29) is 22.1 Å². The van der Waals surface area contributed by atoms with E-state index < -0.39 is 11.7 Å². The van der Waals surface area contributed by atoms with Crippen molar-refractivity contribution in [3.8, 4) is 0 Å². The summed E-state index contributed by atoms with van der Waals surface area (Å²) in [5.74, 6) is -0.610. The maximum absolute atomic E-state index is 13.4. The lowest BCUT2D eigenvalue weighted by molar-refractivity contribution is -0.118. The van der Waals surface area contributed by atoms with Crippen LogP contribution in [0, 0.1) is 11.7 Å². The summed E-state index contributed by atoms with van der Waals surface area (Å²) in [6, 6.07) is 7.45. The van der Waals surface area contributed by atoms with Crippen LogP contribution in [0.15, 0.2) is 46.0 Å². The van der Waals surface area contributed by atoms with Gasteiger partial charge in [-0.2, -0.15) is 0 Å². The number of halogens is 2. The van der Waals surface area contributed by atoms with Gasteiger partial charge in [0.15, 0.2) is 5.84 Å². The first-order chi connectivity index (χ1) is 16.9. The van der Waals surface area contributed by atoms with Crippen molar-refractivity contribution < 1.29 is 23.9 Å². The van der Waals surface area contributed by atoms with Crippen molar-refractivity contribution in [2.75, 3.05) is 49.6 Å². The molecule has 0 bridgehead atoms. The highest BCUT2D eigenvalue weighted by Gasteiger charge is 2.30. The number of carbonyl (C=O) groups is 2. The number of hydrogen-bond acceptors (Lipinski definition) is 7. The van der Waals surface area contributed by atoms with Crippen molar-refractivity contribution in [3.05, 3.63) is 46.8 Å². The number of aromatic nitrogens is 1. The number of carbonyl (C=O) groups excluding carboxylic acids is 2. The minimum absolute atomic E-state index is 0.203. The van der Waals surface area contributed by atoms with Crippen molar-refractivity contribution in [2.45, 2.75) is 12.8 Å². The average Bonchev–Trinajstić information content (AvgIpc) is 2.90. The van der Waals surface area contributed by atoms with Gasteiger partial charge in [0.1, 0.15) is 11.6 Å². The number of urea groups is 1. The molecule has 4 rings (SSSR count). The number of hydrogen-bond donors (Lipinski definition) is 3. The van der Waals surface area contributed by atoms with Crippen molar-refractivity contribution in [1.29, 1.82) is 0 Å². The zero-order valence-electron chi connectivity index (χ0n) is 18.9. The van der Waals surface area contributed by atoms with E-state index in [0.717, 1.165) is 18.9 Å². The number of amides is 2. The number of rotatable bonds is 5. The molecule has 2 aliphatic rings. The molecule has 2 aliphatic heterocycles. The van der Waals surface area contributed by atoms with E-state index in [9.17, 15) is 19.2 Å². The Kier molecular flexibility index (Phi) is 8.26. The fourth-order valence-corrected chi connectivity index (χ4v) is 4.37. The molecule has 2 aromatic rings. The second kappa shape index (κ2) is 11.6. The molecule has 3 N–H and O–H groups in total. The van der Waals surface area contributed by atoms with Gasteiger partial charge in [0.25, 0.3) is 0 Å². The molecule has 2 saturated heterocycles. The predicted molar refractivity (Wildman–Crippen MR) is 132 cm³/mol. The van der Waals surface area contributed by atoms with Gasteiger partial charge < -0.3 is 19.9 Å². The molecular weight excluding hydrogens is 523 g/mol. The number of ketones is 1. The molecule has 0 atom stereocenters. The number of aliphatic imine (C=N–C) groups is 1. The molecule has 0 aliphatic carbocycles. The number of ether oxygens (including phenoxy) is 1. The summed E-state index contributed by atoms with van der Waals surface area (Å²) in [6.45, 7) is 3.66. The topological polar surface area (TPSA) is 119 Å². The molecule has 0 radical (unpaired) electrons. The Morgan fingerprint density at radius 2 is 1.89 bits per heavy atom. The van der Waals surface area contributed by atoms with Crippen LogP contribution < -0.4 is 15.7 Å². The molecule has 0 saturated carbocycles. The highest BCUT2D eigenvalue weighted by atomic mass is 79.9. The maximum Gasteiger partial charge on any atom is 0.321 e. The normalized spacial score (nSPS) is 17.3. The van der Waals surface area contributed by atoms with Crippen LogP contribution in [-0.4, -0.2) is 72.1 Å². The van der Waals surface area contributed by atoms with Gasteiger partial charge in [-0.15, -0.1) is 0 Å². The third-order valence-electron chi connectivity index (χ3n) is 5.97. The van der Waals surface area contributed by atoms with Gasteiger partial charge >= 0.3 is 6.03 Å². The Bertz CT molecular complexity index is 1090. The van der Waals surface area contributed by atoms with E-state index in [1.165, 1.54) is 18.2 Å². The number of Topliss-reactive ketones (excluding diaryl/α,β-unsaturated/α-hetero) is 1. The minimum Gasteiger partial charge on any atom is -0.378 e. The number of anilines is 2. The summed E-state index contributed by atoms with van der Waals surface area (Å²) < 4.78 is 19.0. The number of benzene rings is 1. The van der Waals surface area contributed by atoms with Crippen molar-refractivity contribution in [1.82, 2.24) is 15.4 Å². The van der Waals surface area contributed by atoms with Crippen LogP contribution >= 0.6 is 15.9 Å². The molecule has 12 heteroatoms. The lowest BCUT2D eigenvalue weighted by atomic mass is 9.92. The minimum atomic E-state index is -0.455. The average molecular weight is 549 g/mol. The molecule has 3 heterocycles. The zero-order valence-corrected chi connectivity index (χ0v) is 20.5. The zero-order chi connectivity index (χ0) is 24.8. The first-order valence-corrected chi connectivity index (χ1v) is 12.1. The molecule has 1 aromatic carbocycles. The Balaban J connectivity index is 1.30. The van der Waals surface area contributed by atoms with Gasteiger partial charge in [-0.1, -0.05) is 0 Å². The summed E-state index contributed by atoms with van der Waals surface area (Å²) in [5, 5.41) is 12.3. The molecule has 0 spiro atoms. The fourth-order valence-electron chi connectivity index (χ4n) is 4.00. The van der Waals surface area contributed by atoms with Gasteiger partial charge in [-0.05, 0) is 59.1 Å². The van der Waals surface area contributed by atoms with E-state index in [2.05, 4.69) is 36.1 Å². The third-order valence-corrected chi connectivity index (χ3v) is 6.58. The van der Waals surface area contributed by atoms with E-state index in [4.69, 9.17) is 4.74 Å². The number of nitrogens with one attached hydrogen (secondary N) is 2. The second-order valence-electron chi connectivity index (χ2n) is 8.23. The number of nitrogens with zero attached hydrogens (tertiary/aromatic N) is 4. The standard InChI is InChI=1S/C23H26BrFN6O4/c24-18-13-16(1-3-19(18)25)27-22(29-34)21(32)15-5-7-31(8-6-15)23(33)28-17-2-4-20(26-14-17)30-9-11-35-12-10-30/h1-4,13-15,34H,5-12H2,(H,27,29)(H,28,33). The Labute approximate surface area is 210 Å². The first kappa shape index (κ1) is 25.0. The predicted octanol–water partition coefficient (Wildman–Crippen LogP) is 3.34. The molecule has 2 fully saturated rings. The van der Waals surface area contributed by atoms with Gasteiger partial charge in [0.2, 0.25) is 5.78 Å². The Morgan fingerprint density at radius 3 is 2.51 bits per heavy atom. The lowest BCUT2D eigenvalue weighted by Gasteiger charge is -2.31. The summed E-state index contributed by atoms with van der Waals surface area (Å²) in [7, 11) is 0. The second-order valence-corrected chi connectivity index (χ2v) is 9.09. The fraction of sp³-hybridized carbons (Fsp3) is 0.391. The molecule has 1 aromatic heterocycles. The van der Waals surface area contributed by atoms with Gasteiger partial charge in [0, 0.05) is 32.1 Å². The maximum atomic E-state index is 13.4. The quantitative estimate of drug-likeness (QED) is 0.297. The van der Waals surface area contributed by atoms with Crippen molar-refractivity contribution in [3.63, 3.8) is 0 Å². The monoisotopic (exact) mass is 548 g/mol. The van der Waals surface area contributed by atoms with Gasteiger partial charge in [-0.25, -0.2) is 24.6 Å². The van der Waals surface area contributed by atoms with Crippen LogP contribution in [0.3, 0.4) is 0 Å². The summed E-state index contributed by atoms with van der Waals surface area (Å²) in [4.78, 5) is 37.8. The van der Waals surface area contributed by atoms with Crippen molar-refractivity contribution >= 4 is 50.8 Å². The van der Waals surface area contributed by atoms with Crippen LogP contribution in [-0.2, 0) is 9.53 Å². The molecular formula is C23H26BrFN6O4. The molecule has 35 heavy (non-hydrogen) atoms. The highest BCUT2D eigenvalue weighted by molar-refractivity contribution is 9.10. The molecule has 2 amide bonds. The number of amidine groups is 1. The summed E-state index contributed by atoms with van der Waals surface area (Å²) in [5.41, 5.74) is 2.76. The third kappa shape index (κ3) is 6.32. The van der Waals surface area contributed by atoms with E-state index in [1.54, 1.807) is 11.1 Å². The first-order valence-electron chi connectivity index (χ1n) is 11.3. The number of pyridine rings is 1. The summed E-state index contributed by atoms with van der Waals surface area (Å²) in [6.07, 6.45) is 2.48. The summed E-state index contributed by atoms with van der Waals surface area (Å²) >= 11 is 3.07. The largest absolute Gasteiger partial charge is 0.378 e. The molecule has 10 nitrogen and oxygen atoms in total. The van der Waals surface area contributed by atoms with E-state index in [1.807, 2.05) is 17.6 Å². The van der Waals surface area contributed by atoms with E-state index >= 15 is 0 Å². The van der Waals surface area contributed by atoms with E-state index in [0.29, 0.717) is 50.5 Å². The highest BCUT2D eigenvalue weighted by Crippen LogP contribution is 2.24. The number of piperidine rings is 1. The van der Waals surface area contributed by atoms with Crippen molar-refractivity contribution in [2.24, 2.45) is 10.9 Å². The van der Waals surface area contributed by atoms with Crippen LogP contribution in [0.1, 0.15) is 12.8 Å². The molecule has 186 valence electrons. The van der Waals surface area contributed by atoms with Gasteiger partial charge in [-0.3, -0.25) is 10.0 Å². The SMILES string of the molecule is O=C(C(=Nc1ccc(F)c(Br)c1)NO)C1CCN(C(=O)Nc2ccc(N3CCOCC3)nc2)CC1. The van der Waals surface area contributed by atoms with Crippen LogP contribution in [0.5, 0.6) is 0 Å². The van der Waals surface area contributed by atoms with Crippen LogP contribution in [0.2, 0.25) is 0 Å². The van der Waals surface area contributed by atoms with Gasteiger partial charge in [0.05, 0.1) is 35.3 Å². The number of morpholine rings is 1. The Hall–Kier alpha value is -3.09. The number of hydroxylamine groups is 1. The lowest BCUT2D eigenvalue weighted by Crippen LogP contribution is -2.44. The number of likely N-dealkylation sites (tertiary alicyclic amines) is 1. The smallest absolute Gasteiger partial charge is 0.321 e. The Morgan fingerprint density at radius 1 is 1.14 bits per heavy atom.